The molecular formula is C24H16N4O6. The number of anilines is 1. The van der Waals surface area contributed by atoms with Crippen LogP contribution in [0.15, 0.2) is 71.1 Å². The maximum atomic E-state index is 13.0. The quantitative estimate of drug-likeness (QED) is 0.272. The number of nitro benzene ring substituents is 1. The predicted molar refractivity (Wildman–Crippen MR) is 121 cm³/mol. The second kappa shape index (κ2) is 7.93. The first kappa shape index (κ1) is 21.0. The summed E-state index contributed by atoms with van der Waals surface area (Å²) in [5.74, 6) is -1.48. The van der Waals surface area contributed by atoms with Gasteiger partial charge in [0.15, 0.2) is 5.58 Å². The summed E-state index contributed by atoms with van der Waals surface area (Å²) in [6.45, 7) is 1.47. The van der Waals surface area contributed by atoms with Crippen LogP contribution in [0.5, 0.6) is 0 Å². The standard InChI is InChI=1S/C24H16N4O6/c1-13(27-23(30)15-6-2-3-7-16(15)24(27)31)21(29)25-18-9-5-4-8-17(18)22-26-19-12-14(28(32)33)10-11-20(19)34-22/h2-13H,1H3,(H,25,29). The van der Waals surface area contributed by atoms with E-state index in [2.05, 4.69) is 10.3 Å². The number of benzene rings is 3. The highest BCUT2D eigenvalue weighted by Crippen LogP contribution is 2.32. The number of rotatable bonds is 5. The van der Waals surface area contributed by atoms with Crippen molar-refractivity contribution in [2.75, 3.05) is 5.32 Å². The molecule has 10 heteroatoms. The van der Waals surface area contributed by atoms with Crippen molar-refractivity contribution in [2.45, 2.75) is 13.0 Å². The Labute approximate surface area is 192 Å². The van der Waals surface area contributed by atoms with Crippen molar-refractivity contribution in [3.05, 3.63) is 88.0 Å². The molecule has 34 heavy (non-hydrogen) atoms. The first-order chi connectivity index (χ1) is 16.3. The van der Waals surface area contributed by atoms with Crippen molar-refractivity contribution in [1.29, 1.82) is 0 Å². The smallest absolute Gasteiger partial charge is 0.271 e. The van der Waals surface area contributed by atoms with Crippen LogP contribution < -0.4 is 5.32 Å². The second-order valence-corrected chi connectivity index (χ2v) is 7.66. The van der Waals surface area contributed by atoms with E-state index in [-0.39, 0.29) is 22.7 Å². The van der Waals surface area contributed by atoms with Gasteiger partial charge in [-0.05, 0) is 37.3 Å². The number of oxazole rings is 1. The lowest BCUT2D eigenvalue weighted by Gasteiger charge is -2.22. The Morgan fingerprint density at radius 3 is 2.26 bits per heavy atom. The second-order valence-electron chi connectivity index (χ2n) is 7.66. The van der Waals surface area contributed by atoms with Gasteiger partial charge in [0.05, 0.1) is 27.3 Å². The molecule has 2 heterocycles. The van der Waals surface area contributed by atoms with Gasteiger partial charge in [-0.2, -0.15) is 0 Å². The van der Waals surface area contributed by atoms with Crippen molar-refractivity contribution in [3.8, 4) is 11.5 Å². The molecule has 0 saturated heterocycles. The molecule has 10 nitrogen and oxygen atoms in total. The van der Waals surface area contributed by atoms with E-state index in [0.29, 0.717) is 22.4 Å². The molecule has 1 aliphatic rings. The van der Waals surface area contributed by atoms with E-state index in [1.54, 1.807) is 48.5 Å². The van der Waals surface area contributed by atoms with Gasteiger partial charge in [0.2, 0.25) is 11.8 Å². The summed E-state index contributed by atoms with van der Waals surface area (Å²) >= 11 is 0. The number of non-ortho nitro benzene ring substituents is 1. The van der Waals surface area contributed by atoms with Crippen molar-refractivity contribution in [2.24, 2.45) is 0 Å². The number of amides is 3. The molecule has 1 N–H and O–H groups in total. The van der Waals surface area contributed by atoms with Crippen molar-refractivity contribution < 1.29 is 23.7 Å². The van der Waals surface area contributed by atoms with Gasteiger partial charge < -0.3 is 9.73 Å². The van der Waals surface area contributed by atoms with Crippen LogP contribution in [-0.2, 0) is 4.79 Å². The number of nitrogens with one attached hydrogen (secondary N) is 1. The van der Waals surface area contributed by atoms with Crippen LogP contribution in [0, 0.1) is 10.1 Å². The number of carbonyl (C=O) groups excluding carboxylic acids is 3. The molecule has 0 aliphatic carbocycles. The van der Waals surface area contributed by atoms with E-state index in [4.69, 9.17) is 4.42 Å². The molecule has 168 valence electrons. The van der Waals surface area contributed by atoms with E-state index < -0.39 is 28.7 Å². The molecule has 1 aromatic heterocycles. The first-order valence-electron chi connectivity index (χ1n) is 10.3. The number of hydrogen-bond acceptors (Lipinski definition) is 7. The first-order valence-corrected chi connectivity index (χ1v) is 10.3. The molecule has 0 radical (unpaired) electrons. The third-order valence-electron chi connectivity index (χ3n) is 5.59. The lowest BCUT2D eigenvalue weighted by Crippen LogP contribution is -2.45. The number of fused-ring (bicyclic) bond motifs is 2. The monoisotopic (exact) mass is 456 g/mol. The molecule has 1 unspecified atom stereocenters. The SMILES string of the molecule is CC(C(=O)Nc1ccccc1-c1nc2cc([N+](=O)[O-])ccc2o1)N1C(=O)c2ccccc2C1=O. The van der Waals surface area contributed by atoms with Gasteiger partial charge in [-0.25, -0.2) is 4.98 Å². The predicted octanol–water partition coefficient (Wildman–Crippen LogP) is 4.03. The van der Waals surface area contributed by atoms with Gasteiger partial charge in [-0.1, -0.05) is 24.3 Å². The van der Waals surface area contributed by atoms with Gasteiger partial charge >= 0.3 is 0 Å². The number of nitrogens with zero attached hydrogens (tertiary/aromatic N) is 3. The van der Waals surface area contributed by atoms with Gasteiger partial charge in [0.1, 0.15) is 11.6 Å². The van der Waals surface area contributed by atoms with E-state index >= 15 is 0 Å². The highest BCUT2D eigenvalue weighted by molar-refractivity contribution is 6.23. The summed E-state index contributed by atoms with van der Waals surface area (Å²) in [5.41, 5.74) is 1.82. The van der Waals surface area contributed by atoms with Crippen LogP contribution in [0.2, 0.25) is 0 Å². The Morgan fingerprint density at radius 1 is 1.00 bits per heavy atom. The molecule has 5 rings (SSSR count). The minimum atomic E-state index is -1.08. The fraction of sp³-hybridized carbons (Fsp3) is 0.0833. The molecule has 4 aromatic rings. The Hall–Kier alpha value is -4.86. The van der Waals surface area contributed by atoms with Gasteiger partial charge in [0.25, 0.3) is 17.5 Å². The molecule has 0 saturated carbocycles. The Morgan fingerprint density at radius 2 is 1.62 bits per heavy atom. The summed E-state index contributed by atoms with van der Waals surface area (Å²) in [6, 6.07) is 16.1. The van der Waals surface area contributed by atoms with Crippen LogP contribution >= 0.6 is 0 Å². The summed E-state index contributed by atoms with van der Waals surface area (Å²) in [4.78, 5) is 54.2. The maximum Gasteiger partial charge on any atom is 0.271 e. The number of para-hydroxylation sites is 1. The van der Waals surface area contributed by atoms with Gasteiger partial charge in [-0.3, -0.25) is 29.4 Å². The molecule has 0 fully saturated rings. The molecular weight excluding hydrogens is 440 g/mol. The number of nitro groups is 1. The Balaban J connectivity index is 1.43. The summed E-state index contributed by atoms with van der Waals surface area (Å²) in [6.07, 6.45) is 0. The largest absolute Gasteiger partial charge is 0.436 e. The van der Waals surface area contributed by atoms with E-state index in [1.807, 2.05) is 0 Å². The van der Waals surface area contributed by atoms with Gasteiger partial charge in [-0.15, -0.1) is 0 Å². The third kappa shape index (κ3) is 3.37. The average molecular weight is 456 g/mol. The zero-order valence-corrected chi connectivity index (χ0v) is 17.7. The maximum absolute atomic E-state index is 13.0. The highest BCUT2D eigenvalue weighted by Gasteiger charge is 2.40. The van der Waals surface area contributed by atoms with Gasteiger partial charge in [0, 0.05) is 12.1 Å². The van der Waals surface area contributed by atoms with Crippen LogP contribution in [0.3, 0.4) is 0 Å². The molecule has 0 bridgehead atoms. The third-order valence-corrected chi connectivity index (χ3v) is 5.59. The molecule has 3 aromatic carbocycles. The molecule has 1 atom stereocenters. The summed E-state index contributed by atoms with van der Waals surface area (Å²) < 4.78 is 5.74. The fourth-order valence-electron chi connectivity index (χ4n) is 3.84. The minimum Gasteiger partial charge on any atom is -0.436 e. The summed E-state index contributed by atoms with van der Waals surface area (Å²) in [5, 5.41) is 13.8. The number of aromatic nitrogens is 1. The fourth-order valence-corrected chi connectivity index (χ4v) is 3.84. The van der Waals surface area contributed by atoms with Crippen molar-refractivity contribution in [3.63, 3.8) is 0 Å². The zero-order chi connectivity index (χ0) is 24.0. The van der Waals surface area contributed by atoms with Crippen LogP contribution in [0.1, 0.15) is 27.6 Å². The lowest BCUT2D eigenvalue weighted by atomic mass is 10.1. The molecule has 0 spiro atoms. The van der Waals surface area contributed by atoms with Crippen LogP contribution in [0.25, 0.3) is 22.6 Å². The van der Waals surface area contributed by atoms with Crippen molar-refractivity contribution in [1.82, 2.24) is 9.88 Å². The topological polar surface area (TPSA) is 136 Å². The number of imide groups is 1. The van der Waals surface area contributed by atoms with Crippen LogP contribution in [0.4, 0.5) is 11.4 Å². The van der Waals surface area contributed by atoms with Crippen molar-refractivity contribution >= 4 is 40.2 Å². The Kier molecular flexibility index (Phi) is 4.90. The molecule has 3 amide bonds. The average Bonchev–Trinajstić information content (AvgIpc) is 3.37. The van der Waals surface area contributed by atoms with E-state index in [1.165, 1.54) is 25.1 Å². The summed E-state index contributed by atoms with van der Waals surface area (Å²) in [7, 11) is 0. The number of hydrogen-bond donors (Lipinski definition) is 1. The van der Waals surface area contributed by atoms with E-state index in [0.717, 1.165) is 4.90 Å². The molecule has 1 aliphatic heterocycles. The Bertz CT molecular complexity index is 1470. The highest BCUT2D eigenvalue weighted by atomic mass is 16.6. The lowest BCUT2D eigenvalue weighted by molar-refractivity contribution is -0.384. The van der Waals surface area contributed by atoms with Crippen LogP contribution in [-0.4, -0.2) is 38.6 Å². The minimum absolute atomic E-state index is 0.122. The van der Waals surface area contributed by atoms with E-state index in [9.17, 15) is 24.5 Å². The zero-order valence-electron chi connectivity index (χ0n) is 17.7. The number of carbonyl (C=O) groups is 3. The normalized spacial score (nSPS) is 13.7.